The van der Waals surface area contributed by atoms with Gasteiger partial charge in [-0.1, -0.05) is 18.9 Å². The third kappa shape index (κ3) is 5.04. The van der Waals surface area contributed by atoms with Crippen molar-refractivity contribution in [1.29, 1.82) is 0 Å². The first-order valence-corrected chi connectivity index (χ1v) is 11.8. The molecule has 0 saturated carbocycles. The summed E-state index contributed by atoms with van der Waals surface area (Å²) in [4.78, 5) is 26.7. The summed E-state index contributed by atoms with van der Waals surface area (Å²) < 4.78 is 25.5. The monoisotopic (exact) mass is 435 g/mol. The summed E-state index contributed by atoms with van der Waals surface area (Å²) in [6, 6.07) is 7.61. The Balaban J connectivity index is 1.67. The average molecular weight is 436 g/mol. The van der Waals surface area contributed by atoms with E-state index in [0.717, 1.165) is 30.0 Å². The fourth-order valence-corrected chi connectivity index (χ4v) is 5.31. The number of nitrogens with one attached hydrogen (secondary N) is 2. The summed E-state index contributed by atoms with van der Waals surface area (Å²) in [7, 11) is -0.800. The first-order valence-electron chi connectivity index (χ1n) is 9.54. The van der Waals surface area contributed by atoms with Gasteiger partial charge in [0.1, 0.15) is 0 Å². The predicted molar refractivity (Wildman–Crippen MR) is 112 cm³/mol. The van der Waals surface area contributed by atoms with Gasteiger partial charge in [0.2, 0.25) is 10.0 Å². The first-order chi connectivity index (χ1) is 13.8. The number of sulfonamides is 1. The second-order valence-electron chi connectivity index (χ2n) is 7.20. The van der Waals surface area contributed by atoms with Gasteiger partial charge in [-0.15, -0.1) is 11.3 Å². The highest BCUT2D eigenvalue weighted by atomic mass is 32.2. The number of aryl methyl sites for hydroxylation is 2. The van der Waals surface area contributed by atoms with Gasteiger partial charge in [0.05, 0.1) is 9.77 Å². The van der Waals surface area contributed by atoms with Crippen molar-refractivity contribution in [3.8, 4) is 0 Å². The lowest BCUT2D eigenvalue weighted by molar-refractivity contribution is 0.0848. The average Bonchev–Trinajstić information content (AvgIpc) is 3.07. The third-order valence-electron chi connectivity index (χ3n) is 4.88. The normalized spacial score (nSPS) is 14.6. The molecule has 1 aliphatic rings. The summed E-state index contributed by atoms with van der Waals surface area (Å²) in [5.41, 5.74) is 6.18. The van der Waals surface area contributed by atoms with E-state index in [4.69, 9.17) is 0 Å². The molecule has 1 aliphatic carbocycles. The smallest absolute Gasteiger partial charge is 0.267 e. The number of hydrogen-bond acceptors (Lipinski definition) is 5. The van der Waals surface area contributed by atoms with Crippen molar-refractivity contribution >= 4 is 33.2 Å². The van der Waals surface area contributed by atoms with Gasteiger partial charge in [-0.3, -0.25) is 20.4 Å². The van der Waals surface area contributed by atoms with Gasteiger partial charge < -0.3 is 0 Å². The lowest BCUT2D eigenvalue weighted by Gasteiger charge is -2.12. The maximum absolute atomic E-state index is 12.5. The quantitative estimate of drug-likeness (QED) is 0.722. The molecular weight excluding hydrogens is 410 g/mol. The Bertz CT molecular complexity index is 987. The molecule has 9 heteroatoms. The van der Waals surface area contributed by atoms with E-state index in [1.54, 1.807) is 0 Å². The van der Waals surface area contributed by atoms with Gasteiger partial charge in [0, 0.05) is 24.5 Å². The van der Waals surface area contributed by atoms with Crippen LogP contribution in [0.15, 0.2) is 35.2 Å². The van der Waals surface area contributed by atoms with E-state index in [-0.39, 0.29) is 16.4 Å². The van der Waals surface area contributed by atoms with Gasteiger partial charge in [-0.05, 0) is 55.5 Å². The van der Waals surface area contributed by atoms with E-state index in [1.165, 1.54) is 73.0 Å². The van der Waals surface area contributed by atoms with Gasteiger partial charge in [0.25, 0.3) is 11.8 Å². The number of carbonyl (C=O) groups is 2. The van der Waals surface area contributed by atoms with Crippen LogP contribution in [0.4, 0.5) is 0 Å². The number of benzene rings is 1. The second-order valence-corrected chi connectivity index (χ2v) is 10.5. The zero-order valence-corrected chi connectivity index (χ0v) is 18.2. The molecule has 1 aromatic heterocycles. The Morgan fingerprint density at radius 2 is 1.66 bits per heavy atom. The lowest BCUT2D eigenvalue weighted by Crippen LogP contribution is -2.41. The van der Waals surface area contributed by atoms with Crippen LogP contribution in [-0.4, -0.2) is 38.6 Å². The number of hydrogen-bond donors (Lipinski definition) is 2. The van der Waals surface area contributed by atoms with Crippen molar-refractivity contribution in [3.05, 3.63) is 51.2 Å². The molecule has 0 radical (unpaired) electrons. The topological polar surface area (TPSA) is 95.6 Å². The Kier molecular flexibility index (Phi) is 6.71. The summed E-state index contributed by atoms with van der Waals surface area (Å²) in [5.74, 6) is -0.948. The van der Waals surface area contributed by atoms with Gasteiger partial charge in [0.15, 0.2) is 0 Å². The van der Waals surface area contributed by atoms with Gasteiger partial charge >= 0.3 is 0 Å². The summed E-state index contributed by atoms with van der Waals surface area (Å²) in [5, 5.41) is 0. The minimum atomic E-state index is -3.65. The number of rotatable bonds is 4. The summed E-state index contributed by atoms with van der Waals surface area (Å²) in [6.45, 7) is 0. The SMILES string of the molecule is CN(C)S(=O)(=O)c1cccc(C(=O)NNC(=O)c2cc3c(s2)CCCCCC3)c1. The molecule has 0 unspecified atom stereocenters. The van der Waals surface area contributed by atoms with Crippen LogP contribution in [0.1, 0.15) is 56.2 Å². The Labute approximate surface area is 175 Å². The zero-order chi connectivity index (χ0) is 21.0. The fraction of sp³-hybridized carbons (Fsp3) is 0.400. The molecule has 0 aliphatic heterocycles. The van der Waals surface area contributed by atoms with Crippen LogP contribution in [0.5, 0.6) is 0 Å². The van der Waals surface area contributed by atoms with Crippen LogP contribution in [0.2, 0.25) is 0 Å². The van der Waals surface area contributed by atoms with Gasteiger partial charge in [-0.2, -0.15) is 0 Å². The number of nitrogens with zero attached hydrogens (tertiary/aromatic N) is 1. The Hall–Kier alpha value is -2.23. The second kappa shape index (κ2) is 9.06. The molecule has 1 heterocycles. The molecular formula is C20H25N3O4S2. The molecule has 2 amide bonds. The Morgan fingerprint density at radius 3 is 2.38 bits per heavy atom. The maximum Gasteiger partial charge on any atom is 0.279 e. The Morgan fingerprint density at radius 1 is 0.966 bits per heavy atom. The zero-order valence-electron chi connectivity index (χ0n) is 16.5. The molecule has 0 atom stereocenters. The number of fused-ring (bicyclic) bond motifs is 1. The molecule has 0 bridgehead atoms. The van der Waals surface area contributed by atoms with Crippen LogP contribution >= 0.6 is 11.3 Å². The molecule has 2 N–H and O–H groups in total. The predicted octanol–water partition coefficient (Wildman–Crippen LogP) is 2.73. The van der Waals surface area contributed by atoms with E-state index >= 15 is 0 Å². The van der Waals surface area contributed by atoms with Crippen molar-refractivity contribution < 1.29 is 18.0 Å². The number of carbonyl (C=O) groups excluding carboxylic acids is 2. The van der Waals surface area contributed by atoms with Crippen LogP contribution in [0, 0.1) is 0 Å². The molecule has 0 saturated heterocycles. The molecule has 3 rings (SSSR count). The number of hydrazine groups is 1. The number of thiophene rings is 1. The van der Waals surface area contributed by atoms with E-state index in [9.17, 15) is 18.0 Å². The highest BCUT2D eigenvalue weighted by Crippen LogP contribution is 2.28. The molecule has 0 fully saturated rings. The maximum atomic E-state index is 12.5. The van der Waals surface area contributed by atoms with Crippen LogP contribution in [-0.2, 0) is 22.9 Å². The minimum absolute atomic E-state index is 0.0135. The molecule has 29 heavy (non-hydrogen) atoms. The number of amides is 2. The molecule has 7 nitrogen and oxygen atoms in total. The van der Waals surface area contributed by atoms with Crippen LogP contribution in [0.3, 0.4) is 0 Å². The summed E-state index contributed by atoms with van der Waals surface area (Å²) in [6.07, 6.45) is 6.68. The van der Waals surface area contributed by atoms with E-state index in [0.29, 0.717) is 4.88 Å². The van der Waals surface area contributed by atoms with E-state index < -0.39 is 15.9 Å². The third-order valence-corrected chi connectivity index (χ3v) is 7.93. The lowest BCUT2D eigenvalue weighted by atomic mass is 10.00. The van der Waals surface area contributed by atoms with Gasteiger partial charge in [-0.25, -0.2) is 12.7 Å². The molecule has 1 aromatic carbocycles. The van der Waals surface area contributed by atoms with Crippen molar-refractivity contribution in [3.63, 3.8) is 0 Å². The van der Waals surface area contributed by atoms with Crippen LogP contribution < -0.4 is 10.9 Å². The van der Waals surface area contributed by atoms with E-state index in [2.05, 4.69) is 10.9 Å². The highest BCUT2D eigenvalue weighted by molar-refractivity contribution is 7.89. The van der Waals surface area contributed by atoms with Crippen molar-refractivity contribution in [2.24, 2.45) is 0 Å². The molecule has 156 valence electrons. The fourth-order valence-electron chi connectivity index (χ4n) is 3.21. The first kappa shape index (κ1) is 21.5. The van der Waals surface area contributed by atoms with E-state index in [1.807, 2.05) is 6.07 Å². The van der Waals surface area contributed by atoms with Crippen molar-refractivity contribution in [1.82, 2.24) is 15.2 Å². The van der Waals surface area contributed by atoms with Crippen LogP contribution in [0.25, 0.3) is 0 Å². The molecule has 0 spiro atoms. The molecule has 2 aromatic rings. The summed E-state index contributed by atoms with van der Waals surface area (Å²) >= 11 is 1.47. The highest BCUT2D eigenvalue weighted by Gasteiger charge is 2.20. The minimum Gasteiger partial charge on any atom is -0.267 e. The standard InChI is InChI=1S/C20H25N3O4S2/c1-23(2)29(26,27)16-10-7-9-15(12-16)19(24)21-22-20(25)18-13-14-8-5-3-4-6-11-17(14)28-18/h7,9-10,12-13H,3-6,8,11H2,1-2H3,(H,21,24)(H,22,25). The van der Waals surface area contributed by atoms with Crippen molar-refractivity contribution in [2.45, 2.75) is 43.4 Å². The largest absolute Gasteiger partial charge is 0.279 e. The van der Waals surface area contributed by atoms with Crippen molar-refractivity contribution in [2.75, 3.05) is 14.1 Å².